The van der Waals surface area contributed by atoms with Gasteiger partial charge in [0.25, 0.3) is 0 Å². The zero-order valence-electron chi connectivity index (χ0n) is 22.5. The highest BCUT2D eigenvalue weighted by Gasteiger charge is 2.18. The quantitative estimate of drug-likeness (QED) is 0.229. The van der Waals surface area contributed by atoms with Crippen LogP contribution in [0.5, 0.6) is 11.5 Å². The Kier molecular flexibility index (Phi) is 6.58. The summed E-state index contributed by atoms with van der Waals surface area (Å²) < 4.78 is 11.9. The van der Waals surface area contributed by atoms with Gasteiger partial charge in [0.2, 0.25) is 0 Å². The monoisotopic (exact) mass is 524 g/mol. The molecule has 4 heteroatoms. The summed E-state index contributed by atoms with van der Waals surface area (Å²) in [6.45, 7) is 2.92. The fraction of sp³-hybridized carbons (Fsp3) is 0.167. The van der Waals surface area contributed by atoms with Gasteiger partial charge in [0.1, 0.15) is 11.5 Å². The van der Waals surface area contributed by atoms with Crippen molar-refractivity contribution in [1.82, 2.24) is 0 Å². The van der Waals surface area contributed by atoms with Crippen molar-refractivity contribution >= 4 is 11.4 Å². The molecule has 5 aromatic carbocycles. The van der Waals surface area contributed by atoms with Gasteiger partial charge in [-0.2, -0.15) is 0 Å². The first-order valence-electron chi connectivity index (χ1n) is 13.9. The molecule has 0 spiro atoms. The first-order valence-corrected chi connectivity index (χ1v) is 13.9. The molecule has 0 saturated heterocycles. The maximum atomic E-state index is 5.93. The minimum atomic E-state index is 0.585. The zero-order chi connectivity index (χ0) is 26.7. The molecule has 0 bridgehead atoms. The third-order valence-electron chi connectivity index (χ3n) is 7.86. The van der Waals surface area contributed by atoms with E-state index in [0.717, 1.165) is 37.4 Å². The molecule has 0 atom stereocenters. The van der Waals surface area contributed by atoms with E-state index in [1.54, 1.807) is 0 Å². The fourth-order valence-corrected chi connectivity index (χ4v) is 5.58. The fourth-order valence-electron chi connectivity index (χ4n) is 5.58. The summed E-state index contributed by atoms with van der Waals surface area (Å²) in [5.41, 5.74) is 10.1. The Morgan fingerprint density at radius 2 is 0.775 bits per heavy atom. The summed E-state index contributed by atoms with van der Waals surface area (Å²) in [7, 11) is 0. The van der Waals surface area contributed by atoms with Gasteiger partial charge in [0.15, 0.2) is 13.5 Å². The Balaban J connectivity index is 0.944. The van der Waals surface area contributed by atoms with Gasteiger partial charge >= 0.3 is 0 Å². The first-order chi connectivity index (χ1) is 19.8. The van der Waals surface area contributed by atoms with Crippen molar-refractivity contribution in [1.29, 1.82) is 0 Å². The van der Waals surface area contributed by atoms with Crippen LogP contribution in [0.1, 0.15) is 33.4 Å². The van der Waals surface area contributed by atoms with Crippen LogP contribution in [-0.4, -0.2) is 13.5 Å². The summed E-state index contributed by atoms with van der Waals surface area (Å²) in [5, 5.41) is 0. The van der Waals surface area contributed by atoms with Crippen LogP contribution >= 0.6 is 0 Å². The van der Waals surface area contributed by atoms with Crippen LogP contribution < -0.4 is 19.3 Å². The molecule has 2 aliphatic heterocycles. The first kappa shape index (κ1) is 24.3. The molecule has 0 amide bonds. The number of hydrogen-bond acceptors (Lipinski definition) is 4. The van der Waals surface area contributed by atoms with Crippen LogP contribution in [-0.2, 0) is 25.9 Å². The Morgan fingerprint density at radius 1 is 0.425 bits per heavy atom. The molecule has 0 radical (unpaired) electrons. The van der Waals surface area contributed by atoms with Gasteiger partial charge in [0.05, 0.1) is 0 Å². The van der Waals surface area contributed by atoms with Gasteiger partial charge in [-0.15, -0.1) is 0 Å². The SMILES string of the molecule is c1ccc2c(c1)CN(c1ccc(Cc3ccc(Cc4ccc(N5COc6ccccc6C5)cc4)cc3)cc1)CO2. The Hall–Kier alpha value is -4.70. The van der Waals surface area contributed by atoms with E-state index in [2.05, 4.69) is 107 Å². The van der Waals surface area contributed by atoms with E-state index >= 15 is 0 Å². The van der Waals surface area contributed by atoms with Crippen LogP contribution in [0, 0.1) is 0 Å². The second-order valence-corrected chi connectivity index (χ2v) is 10.7. The molecule has 0 aliphatic carbocycles. The predicted octanol–water partition coefficient (Wildman–Crippen LogP) is 7.58. The van der Waals surface area contributed by atoms with E-state index in [1.165, 1.54) is 44.8 Å². The van der Waals surface area contributed by atoms with Crippen molar-refractivity contribution in [2.24, 2.45) is 0 Å². The summed E-state index contributed by atoms with van der Waals surface area (Å²) in [6.07, 6.45) is 1.85. The maximum Gasteiger partial charge on any atom is 0.161 e. The van der Waals surface area contributed by atoms with Crippen molar-refractivity contribution in [3.05, 3.63) is 155 Å². The average Bonchev–Trinajstić information content (AvgIpc) is 3.02. The van der Waals surface area contributed by atoms with E-state index < -0.39 is 0 Å². The van der Waals surface area contributed by atoms with Crippen LogP contribution in [0.3, 0.4) is 0 Å². The molecule has 2 heterocycles. The number of fused-ring (bicyclic) bond motifs is 2. The van der Waals surface area contributed by atoms with Gasteiger partial charge in [-0.25, -0.2) is 0 Å². The van der Waals surface area contributed by atoms with Gasteiger partial charge in [-0.05, 0) is 71.5 Å². The predicted molar refractivity (Wildman–Crippen MR) is 161 cm³/mol. The minimum absolute atomic E-state index is 0.585. The van der Waals surface area contributed by atoms with Crippen LogP contribution in [0.2, 0.25) is 0 Å². The van der Waals surface area contributed by atoms with E-state index in [0.29, 0.717) is 13.5 Å². The molecule has 0 aromatic heterocycles. The van der Waals surface area contributed by atoms with Gasteiger partial charge in [-0.1, -0.05) is 84.9 Å². The Morgan fingerprint density at radius 3 is 1.18 bits per heavy atom. The maximum absolute atomic E-state index is 5.93. The minimum Gasteiger partial charge on any atom is -0.473 e. The summed E-state index contributed by atoms with van der Waals surface area (Å²) >= 11 is 0. The lowest BCUT2D eigenvalue weighted by molar-refractivity contribution is 0.289. The summed E-state index contributed by atoms with van der Waals surface area (Å²) in [4.78, 5) is 4.54. The molecular weight excluding hydrogens is 492 g/mol. The second-order valence-electron chi connectivity index (χ2n) is 10.7. The van der Waals surface area contributed by atoms with Gasteiger partial charge in [0, 0.05) is 35.6 Å². The highest BCUT2D eigenvalue weighted by atomic mass is 16.5. The highest BCUT2D eigenvalue weighted by Crippen LogP contribution is 2.30. The van der Waals surface area contributed by atoms with Crippen molar-refractivity contribution in [2.75, 3.05) is 23.3 Å². The van der Waals surface area contributed by atoms with Crippen LogP contribution in [0.4, 0.5) is 11.4 Å². The number of ether oxygens (including phenoxy) is 2. The topological polar surface area (TPSA) is 24.9 Å². The van der Waals surface area contributed by atoms with Crippen LogP contribution in [0.15, 0.2) is 121 Å². The Bertz CT molecular complexity index is 1470. The summed E-state index contributed by atoms with van der Waals surface area (Å²) in [6, 6.07) is 43.4. The van der Waals surface area contributed by atoms with Gasteiger partial charge in [-0.3, -0.25) is 0 Å². The van der Waals surface area contributed by atoms with E-state index in [4.69, 9.17) is 9.47 Å². The summed E-state index contributed by atoms with van der Waals surface area (Å²) in [5.74, 6) is 1.99. The molecule has 0 saturated carbocycles. The number of hydrogen-bond donors (Lipinski definition) is 0. The molecule has 7 rings (SSSR count). The molecule has 0 unspecified atom stereocenters. The largest absolute Gasteiger partial charge is 0.473 e. The lowest BCUT2D eigenvalue weighted by Gasteiger charge is -2.30. The second kappa shape index (κ2) is 10.8. The lowest BCUT2D eigenvalue weighted by Crippen LogP contribution is -2.31. The van der Waals surface area contributed by atoms with E-state index in [9.17, 15) is 0 Å². The normalized spacial score (nSPS) is 14.1. The van der Waals surface area contributed by atoms with E-state index in [-0.39, 0.29) is 0 Å². The smallest absolute Gasteiger partial charge is 0.161 e. The highest BCUT2D eigenvalue weighted by molar-refractivity contribution is 5.52. The molecule has 4 nitrogen and oxygen atoms in total. The van der Waals surface area contributed by atoms with Crippen molar-refractivity contribution in [3.8, 4) is 11.5 Å². The Labute approximate surface area is 236 Å². The number of nitrogens with zero attached hydrogens (tertiary/aromatic N) is 2. The number of benzene rings is 5. The number of para-hydroxylation sites is 2. The molecule has 198 valence electrons. The standard InChI is InChI=1S/C36H32N2O2/c1-3-7-35-31(5-1)23-37(25-39-35)33-17-13-29(14-18-33)21-27-9-11-28(12-10-27)22-30-15-19-34(20-16-30)38-24-32-6-2-4-8-36(32)40-26-38/h1-20H,21-26H2. The van der Waals surface area contributed by atoms with Gasteiger partial charge < -0.3 is 19.3 Å². The molecular formula is C36H32N2O2. The zero-order valence-corrected chi connectivity index (χ0v) is 22.5. The molecule has 40 heavy (non-hydrogen) atoms. The lowest BCUT2D eigenvalue weighted by atomic mass is 10.00. The third-order valence-corrected chi connectivity index (χ3v) is 7.86. The van der Waals surface area contributed by atoms with E-state index in [1.807, 2.05) is 24.3 Å². The molecule has 5 aromatic rings. The van der Waals surface area contributed by atoms with Crippen molar-refractivity contribution in [2.45, 2.75) is 25.9 Å². The van der Waals surface area contributed by atoms with Crippen LogP contribution in [0.25, 0.3) is 0 Å². The molecule has 2 aliphatic rings. The van der Waals surface area contributed by atoms with Crippen molar-refractivity contribution in [3.63, 3.8) is 0 Å². The molecule has 0 fully saturated rings. The average molecular weight is 525 g/mol. The third kappa shape index (κ3) is 5.26. The van der Waals surface area contributed by atoms with Crippen molar-refractivity contribution < 1.29 is 9.47 Å². The number of anilines is 2. The molecule has 0 N–H and O–H groups in total. The number of rotatable bonds is 6.